The molecule has 1 heterocycles. The zero-order chi connectivity index (χ0) is 14.5. The summed E-state index contributed by atoms with van der Waals surface area (Å²) in [5.74, 6) is 0.576. The molecule has 0 N–H and O–H groups in total. The molecule has 0 saturated carbocycles. The molecule has 0 saturated heterocycles. The van der Waals surface area contributed by atoms with Gasteiger partial charge in [-0.05, 0) is 30.4 Å². The minimum absolute atomic E-state index is 0.576. The van der Waals surface area contributed by atoms with Gasteiger partial charge in [-0.3, -0.25) is 4.98 Å². The molecule has 0 aliphatic rings. The molecule has 0 aliphatic heterocycles. The van der Waals surface area contributed by atoms with Gasteiger partial charge in [0.2, 0.25) is 0 Å². The van der Waals surface area contributed by atoms with Gasteiger partial charge in [0.15, 0.2) is 0 Å². The molecule has 0 aromatic carbocycles. The molecule has 0 bridgehead atoms. The van der Waals surface area contributed by atoms with Crippen molar-refractivity contribution in [2.75, 3.05) is 0 Å². The predicted molar refractivity (Wildman–Crippen MR) is 84.7 cm³/mol. The Labute approximate surface area is 124 Å². The van der Waals surface area contributed by atoms with Gasteiger partial charge < -0.3 is 4.79 Å². The summed E-state index contributed by atoms with van der Waals surface area (Å²) in [6.45, 7) is 2.17. The molecule has 1 aromatic heterocycles. The molecular formula is C18H29NO. The molecule has 1 atom stereocenters. The Morgan fingerprint density at radius 3 is 2.45 bits per heavy atom. The van der Waals surface area contributed by atoms with E-state index in [2.05, 4.69) is 18.0 Å². The second kappa shape index (κ2) is 11.6. The monoisotopic (exact) mass is 275 g/mol. The van der Waals surface area contributed by atoms with E-state index in [-0.39, 0.29) is 0 Å². The standard InChI is InChI=1S/C18H29NO/c1-17(13-15-20)10-7-5-3-2-4-6-8-11-18-12-9-14-19-16-18/h9,12,14-17H,2-8,10-11,13H2,1H3/t17-/m0/s1. The molecule has 0 fully saturated rings. The number of pyridine rings is 1. The molecule has 1 rings (SSSR count). The van der Waals surface area contributed by atoms with Crippen LogP contribution in [0, 0.1) is 5.92 Å². The molecule has 0 amide bonds. The number of hydrogen-bond donors (Lipinski definition) is 0. The number of aryl methyl sites for hydroxylation is 1. The van der Waals surface area contributed by atoms with E-state index in [9.17, 15) is 4.79 Å². The maximum Gasteiger partial charge on any atom is 0.120 e. The molecule has 2 heteroatoms. The quantitative estimate of drug-likeness (QED) is 0.398. The topological polar surface area (TPSA) is 30.0 Å². The summed E-state index contributed by atoms with van der Waals surface area (Å²) in [5.41, 5.74) is 1.36. The predicted octanol–water partition coefficient (Wildman–Crippen LogP) is 4.97. The van der Waals surface area contributed by atoms with E-state index >= 15 is 0 Å². The highest BCUT2D eigenvalue weighted by molar-refractivity contribution is 5.49. The number of aldehydes is 1. The van der Waals surface area contributed by atoms with Gasteiger partial charge in [0, 0.05) is 18.8 Å². The van der Waals surface area contributed by atoms with Crippen molar-refractivity contribution < 1.29 is 4.79 Å². The first kappa shape index (κ1) is 16.9. The number of hydrogen-bond acceptors (Lipinski definition) is 2. The van der Waals surface area contributed by atoms with Gasteiger partial charge in [-0.1, -0.05) is 57.9 Å². The van der Waals surface area contributed by atoms with Crippen molar-refractivity contribution in [2.24, 2.45) is 5.92 Å². The SMILES string of the molecule is C[C@H](CC=O)CCCCCCCCCc1cccnc1. The minimum atomic E-state index is 0.576. The molecule has 20 heavy (non-hydrogen) atoms. The van der Waals surface area contributed by atoms with Crippen LogP contribution in [-0.4, -0.2) is 11.3 Å². The smallest absolute Gasteiger partial charge is 0.120 e. The van der Waals surface area contributed by atoms with E-state index in [1.165, 1.54) is 56.9 Å². The zero-order valence-electron chi connectivity index (χ0n) is 12.9. The van der Waals surface area contributed by atoms with Crippen LogP contribution < -0.4 is 0 Å². The molecule has 0 aliphatic carbocycles. The van der Waals surface area contributed by atoms with Crippen LogP contribution in [0.1, 0.15) is 70.3 Å². The van der Waals surface area contributed by atoms with Crippen molar-refractivity contribution in [2.45, 2.75) is 71.1 Å². The maximum atomic E-state index is 10.3. The molecule has 0 radical (unpaired) electrons. The van der Waals surface area contributed by atoms with Crippen molar-refractivity contribution >= 4 is 6.29 Å². The average molecular weight is 275 g/mol. The fourth-order valence-electron chi connectivity index (χ4n) is 2.53. The zero-order valence-corrected chi connectivity index (χ0v) is 12.9. The van der Waals surface area contributed by atoms with Crippen LogP contribution in [0.5, 0.6) is 0 Å². The van der Waals surface area contributed by atoms with E-state index in [0.29, 0.717) is 5.92 Å². The number of unbranched alkanes of at least 4 members (excludes halogenated alkanes) is 6. The Morgan fingerprint density at radius 2 is 1.80 bits per heavy atom. The summed E-state index contributed by atoms with van der Waals surface area (Å²) in [6.07, 6.45) is 17.2. The van der Waals surface area contributed by atoms with Crippen LogP contribution in [-0.2, 0) is 11.2 Å². The summed E-state index contributed by atoms with van der Waals surface area (Å²) >= 11 is 0. The van der Waals surface area contributed by atoms with Gasteiger partial charge in [0.05, 0.1) is 0 Å². The second-order valence-electron chi connectivity index (χ2n) is 5.88. The summed E-state index contributed by atoms with van der Waals surface area (Å²) in [5, 5.41) is 0. The summed E-state index contributed by atoms with van der Waals surface area (Å²) in [7, 11) is 0. The first-order valence-corrected chi connectivity index (χ1v) is 8.15. The maximum absolute atomic E-state index is 10.3. The summed E-state index contributed by atoms with van der Waals surface area (Å²) in [6, 6.07) is 4.18. The Bertz CT molecular complexity index is 337. The van der Waals surface area contributed by atoms with Crippen LogP contribution >= 0.6 is 0 Å². The largest absolute Gasteiger partial charge is 0.303 e. The molecule has 1 aromatic rings. The van der Waals surface area contributed by atoms with E-state index in [1.54, 1.807) is 0 Å². The van der Waals surface area contributed by atoms with Gasteiger partial charge in [-0.25, -0.2) is 0 Å². The highest BCUT2D eigenvalue weighted by Crippen LogP contribution is 2.14. The van der Waals surface area contributed by atoms with Gasteiger partial charge in [0.25, 0.3) is 0 Å². The highest BCUT2D eigenvalue weighted by atomic mass is 16.1. The first-order valence-electron chi connectivity index (χ1n) is 8.15. The van der Waals surface area contributed by atoms with Crippen LogP contribution in [0.4, 0.5) is 0 Å². The highest BCUT2D eigenvalue weighted by Gasteiger charge is 2.00. The minimum Gasteiger partial charge on any atom is -0.303 e. The Hall–Kier alpha value is -1.18. The molecule has 112 valence electrons. The van der Waals surface area contributed by atoms with Gasteiger partial charge in [-0.2, -0.15) is 0 Å². The lowest BCUT2D eigenvalue weighted by Gasteiger charge is -2.07. The number of rotatable bonds is 12. The third-order valence-electron chi connectivity index (χ3n) is 3.88. The Morgan fingerprint density at radius 1 is 1.10 bits per heavy atom. The lowest BCUT2D eigenvalue weighted by atomic mass is 9.99. The third kappa shape index (κ3) is 8.84. The van der Waals surface area contributed by atoms with Crippen molar-refractivity contribution in [1.29, 1.82) is 0 Å². The first-order chi connectivity index (χ1) is 9.83. The van der Waals surface area contributed by atoms with Crippen LogP contribution in [0.3, 0.4) is 0 Å². The molecule has 0 unspecified atom stereocenters. The fourth-order valence-corrected chi connectivity index (χ4v) is 2.53. The number of carbonyl (C=O) groups is 1. The molecular weight excluding hydrogens is 246 g/mol. The van der Waals surface area contributed by atoms with Crippen molar-refractivity contribution in [3.05, 3.63) is 30.1 Å². The third-order valence-corrected chi connectivity index (χ3v) is 3.88. The van der Waals surface area contributed by atoms with E-state index in [0.717, 1.165) is 19.1 Å². The van der Waals surface area contributed by atoms with Crippen molar-refractivity contribution in [3.63, 3.8) is 0 Å². The van der Waals surface area contributed by atoms with Crippen molar-refractivity contribution in [1.82, 2.24) is 4.98 Å². The molecule has 0 spiro atoms. The normalized spacial score (nSPS) is 12.2. The number of carbonyl (C=O) groups excluding carboxylic acids is 1. The second-order valence-corrected chi connectivity index (χ2v) is 5.88. The fraction of sp³-hybridized carbons (Fsp3) is 0.667. The van der Waals surface area contributed by atoms with Crippen LogP contribution in [0.25, 0.3) is 0 Å². The van der Waals surface area contributed by atoms with E-state index in [1.807, 2.05) is 18.5 Å². The van der Waals surface area contributed by atoms with Crippen molar-refractivity contribution in [3.8, 4) is 0 Å². The summed E-state index contributed by atoms with van der Waals surface area (Å²) in [4.78, 5) is 14.5. The summed E-state index contributed by atoms with van der Waals surface area (Å²) < 4.78 is 0. The van der Waals surface area contributed by atoms with E-state index in [4.69, 9.17) is 0 Å². The van der Waals surface area contributed by atoms with Crippen LogP contribution in [0.15, 0.2) is 24.5 Å². The average Bonchev–Trinajstić information content (AvgIpc) is 2.47. The Kier molecular flexibility index (Phi) is 9.81. The van der Waals surface area contributed by atoms with Gasteiger partial charge in [0.1, 0.15) is 6.29 Å². The van der Waals surface area contributed by atoms with Gasteiger partial charge in [-0.15, -0.1) is 0 Å². The number of nitrogens with zero attached hydrogens (tertiary/aromatic N) is 1. The van der Waals surface area contributed by atoms with Crippen LogP contribution in [0.2, 0.25) is 0 Å². The Balaban J connectivity index is 1.84. The molecule has 2 nitrogen and oxygen atoms in total. The lowest BCUT2D eigenvalue weighted by molar-refractivity contribution is -0.108. The van der Waals surface area contributed by atoms with E-state index < -0.39 is 0 Å². The van der Waals surface area contributed by atoms with Gasteiger partial charge >= 0.3 is 0 Å². The lowest BCUT2D eigenvalue weighted by Crippen LogP contribution is -1.95. The number of aromatic nitrogens is 1.